The SMILES string of the molecule is CC(CC=O)c1cccc2[nH]c(C(F)(F)F)cc12. The predicted molar refractivity (Wildman–Crippen MR) is 62.4 cm³/mol. The summed E-state index contributed by atoms with van der Waals surface area (Å²) in [6.07, 6.45) is -3.31. The lowest BCUT2D eigenvalue weighted by atomic mass is 9.95. The van der Waals surface area contributed by atoms with Gasteiger partial charge in [0, 0.05) is 17.3 Å². The summed E-state index contributed by atoms with van der Waals surface area (Å²) in [4.78, 5) is 12.9. The molecule has 0 fully saturated rings. The average molecular weight is 255 g/mol. The number of halogens is 3. The van der Waals surface area contributed by atoms with Gasteiger partial charge in [-0.15, -0.1) is 0 Å². The highest BCUT2D eigenvalue weighted by molar-refractivity contribution is 5.85. The van der Waals surface area contributed by atoms with Gasteiger partial charge in [0.05, 0.1) is 0 Å². The minimum Gasteiger partial charge on any atom is -0.351 e. The number of rotatable bonds is 3. The van der Waals surface area contributed by atoms with Crippen LogP contribution in [-0.2, 0) is 11.0 Å². The zero-order chi connectivity index (χ0) is 13.3. The second-order valence-electron chi connectivity index (χ2n) is 4.29. The molecule has 0 saturated carbocycles. The summed E-state index contributed by atoms with van der Waals surface area (Å²) in [7, 11) is 0. The Kier molecular flexibility index (Phi) is 3.15. The molecule has 2 aromatic rings. The lowest BCUT2D eigenvalue weighted by molar-refractivity contribution is -0.140. The number of carbonyl (C=O) groups is 1. The van der Waals surface area contributed by atoms with Crippen LogP contribution in [0.2, 0.25) is 0 Å². The van der Waals surface area contributed by atoms with Gasteiger partial charge >= 0.3 is 6.18 Å². The molecule has 0 bridgehead atoms. The number of aromatic amines is 1. The Balaban J connectivity index is 2.55. The van der Waals surface area contributed by atoms with Gasteiger partial charge in [0.1, 0.15) is 12.0 Å². The summed E-state index contributed by atoms with van der Waals surface area (Å²) in [5.74, 6) is -0.0944. The summed E-state index contributed by atoms with van der Waals surface area (Å²) in [6.45, 7) is 1.82. The van der Waals surface area contributed by atoms with Crippen LogP contribution in [0.1, 0.15) is 30.5 Å². The van der Waals surface area contributed by atoms with Crippen LogP contribution < -0.4 is 0 Å². The van der Waals surface area contributed by atoms with Crippen LogP contribution in [0.15, 0.2) is 24.3 Å². The summed E-state index contributed by atoms with van der Waals surface area (Å²) >= 11 is 0. The highest BCUT2D eigenvalue weighted by Gasteiger charge is 2.32. The van der Waals surface area contributed by atoms with Gasteiger partial charge in [-0.05, 0) is 23.6 Å². The van der Waals surface area contributed by atoms with Gasteiger partial charge in [-0.1, -0.05) is 19.1 Å². The molecule has 2 rings (SSSR count). The fraction of sp³-hybridized carbons (Fsp3) is 0.308. The van der Waals surface area contributed by atoms with E-state index in [9.17, 15) is 18.0 Å². The third kappa shape index (κ3) is 2.25. The number of hydrogen-bond donors (Lipinski definition) is 1. The number of H-pyrrole nitrogens is 1. The van der Waals surface area contributed by atoms with E-state index in [-0.39, 0.29) is 5.92 Å². The molecule has 18 heavy (non-hydrogen) atoms. The van der Waals surface area contributed by atoms with E-state index in [2.05, 4.69) is 4.98 Å². The number of aromatic nitrogens is 1. The quantitative estimate of drug-likeness (QED) is 0.829. The van der Waals surface area contributed by atoms with Crippen molar-refractivity contribution in [2.45, 2.75) is 25.4 Å². The van der Waals surface area contributed by atoms with Gasteiger partial charge in [0.25, 0.3) is 0 Å². The van der Waals surface area contributed by atoms with Crippen molar-refractivity contribution in [2.75, 3.05) is 0 Å². The maximum Gasteiger partial charge on any atom is 0.431 e. The minimum absolute atomic E-state index is 0.0944. The molecule has 96 valence electrons. The van der Waals surface area contributed by atoms with E-state index in [4.69, 9.17) is 0 Å². The van der Waals surface area contributed by atoms with Crippen molar-refractivity contribution in [3.8, 4) is 0 Å². The van der Waals surface area contributed by atoms with Gasteiger partial charge in [-0.25, -0.2) is 0 Å². The van der Waals surface area contributed by atoms with Crippen LogP contribution >= 0.6 is 0 Å². The number of nitrogens with one attached hydrogen (secondary N) is 1. The van der Waals surface area contributed by atoms with Crippen LogP contribution in [0, 0.1) is 0 Å². The smallest absolute Gasteiger partial charge is 0.351 e. The molecule has 0 saturated heterocycles. The van der Waals surface area contributed by atoms with E-state index < -0.39 is 11.9 Å². The molecular weight excluding hydrogens is 243 g/mol. The zero-order valence-corrected chi connectivity index (χ0v) is 9.71. The van der Waals surface area contributed by atoms with E-state index in [0.717, 1.165) is 17.9 Å². The Morgan fingerprint density at radius 3 is 2.72 bits per heavy atom. The predicted octanol–water partition coefficient (Wildman–Crippen LogP) is 3.88. The molecule has 5 heteroatoms. The summed E-state index contributed by atoms with van der Waals surface area (Å²) < 4.78 is 37.9. The molecule has 0 amide bonds. The molecule has 0 aliphatic heterocycles. The summed E-state index contributed by atoms with van der Waals surface area (Å²) in [5.41, 5.74) is 0.437. The third-order valence-corrected chi connectivity index (χ3v) is 2.98. The summed E-state index contributed by atoms with van der Waals surface area (Å²) in [6, 6.07) is 6.15. The second-order valence-corrected chi connectivity index (χ2v) is 4.29. The molecule has 1 aromatic carbocycles. The first-order valence-electron chi connectivity index (χ1n) is 5.56. The van der Waals surface area contributed by atoms with E-state index in [1.165, 1.54) is 0 Å². The Labute approximate surface area is 102 Å². The third-order valence-electron chi connectivity index (χ3n) is 2.98. The number of carbonyl (C=O) groups excluding carboxylic acids is 1. The van der Waals surface area contributed by atoms with Crippen molar-refractivity contribution < 1.29 is 18.0 Å². The molecule has 1 N–H and O–H groups in total. The number of hydrogen-bond acceptors (Lipinski definition) is 1. The van der Waals surface area contributed by atoms with Crippen molar-refractivity contribution in [1.29, 1.82) is 0 Å². The van der Waals surface area contributed by atoms with Gasteiger partial charge in [0.15, 0.2) is 0 Å². The normalized spacial score (nSPS) is 13.8. The van der Waals surface area contributed by atoms with E-state index >= 15 is 0 Å². The van der Waals surface area contributed by atoms with Gasteiger partial charge < -0.3 is 9.78 Å². The molecule has 0 aliphatic rings. The average Bonchev–Trinajstić information content (AvgIpc) is 2.72. The first-order chi connectivity index (χ1) is 8.43. The van der Waals surface area contributed by atoms with Crippen molar-refractivity contribution in [1.82, 2.24) is 4.98 Å². The van der Waals surface area contributed by atoms with Crippen LogP contribution in [0.5, 0.6) is 0 Å². The monoisotopic (exact) mass is 255 g/mol. The van der Waals surface area contributed by atoms with Crippen molar-refractivity contribution >= 4 is 17.2 Å². The maximum absolute atomic E-state index is 12.6. The highest BCUT2D eigenvalue weighted by Crippen LogP contribution is 2.34. The molecule has 1 atom stereocenters. The standard InChI is InChI=1S/C13H12F3NO/c1-8(5-6-18)9-3-2-4-11-10(9)7-12(17-11)13(14,15)16/h2-4,6-8,17H,5H2,1H3. The number of alkyl halides is 3. The number of benzene rings is 1. The van der Waals surface area contributed by atoms with Crippen molar-refractivity contribution in [3.63, 3.8) is 0 Å². The van der Waals surface area contributed by atoms with E-state index in [1.807, 2.05) is 6.92 Å². The Morgan fingerprint density at radius 2 is 2.11 bits per heavy atom. The van der Waals surface area contributed by atoms with Crippen LogP contribution in [0.25, 0.3) is 10.9 Å². The van der Waals surface area contributed by atoms with Gasteiger partial charge in [-0.2, -0.15) is 13.2 Å². The summed E-state index contributed by atoms with van der Waals surface area (Å²) in [5, 5.41) is 0.527. The lowest BCUT2D eigenvalue weighted by Gasteiger charge is -2.09. The highest BCUT2D eigenvalue weighted by atomic mass is 19.4. The maximum atomic E-state index is 12.6. The molecule has 0 aliphatic carbocycles. The first kappa shape index (κ1) is 12.7. The fourth-order valence-electron chi connectivity index (χ4n) is 2.03. The van der Waals surface area contributed by atoms with Crippen LogP contribution in [-0.4, -0.2) is 11.3 Å². The largest absolute Gasteiger partial charge is 0.431 e. The Bertz CT molecular complexity index is 571. The zero-order valence-electron chi connectivity index (χ0n) is 9.71. The van der Waals surface area contributed by atoms with Crippen LogP contribution in [0.3, 0.4) is 0 Å². The van der Waals surface area contributed by atoms with Crippen LogP contribution in [0.4, 0.5) is 13.2 Å². The van der Waals surface area contributed by atoms with Crippen molar-refractivity contribution in [3.05, 3.63) is 35.5 Å². The lowest BCUT2D eigenvalue weighted by Crippen LogP contribution is -2.04. The Hall–Kier alpha value is -1.78. The number of fused-ring (bicyclic) bond motifs is 1. The molecule has 1 aromatic heterocycles. The number of aldehydes is 1. The molecule has 2 nitrogen and oxygen atoms in total. The van der Waals surface area contributed by atoms with Gasteiger partial charge in [-0.3, -0.25) is 0 Å². The minimum atomic E-state index is -4.38. The molecule has 0 spiro atoms. The molecule has 0 radical (unpaired) electrons. The van der Waals surface area contributed by atoms with E-state index in [0.29, 0.717) is 17.3 Å². The second kappa shape index (κ2) is 4.48. The first-order valence-corrected chi connectivity index (χ1v) is 5.56. The topological polar surface area (TPSA) is 32.9 Å². The fourth-order valence-corrected chi connectivity index (χ4v) is 2.03. The van der Waals surface area contributed by atoms with E-state index in [1.54, 1.807) is 18.2 Å². The molecular formula is C13H12F3NO. The molecule has 1 heterocycles. The molecule has 1 unspecified atom stereocenters. The van der Waals surface area contributed by atoms with Gasteiger partial charge in [0.2, 0.25) is 0 Å². The Morgan fingerprint density at radius 1 is 1.39 bits per heavy atom. The van der Waals surface area contributed by atoms with Crippen molar-refractivity contribution in [2.24, 2.45) is 0 Å².